The molecule has 0 bridgehead atoms. The Balaban J connectivity index is 1.61. The highest BCUT2D eigenvalue weighted by Gasteiger charge is 2.25. The number of nitrogens with zero attached hydrogens (tertiary/aromatic N) is 2. The van der Waals surface area contributed by atoms with Crippen LogP contribution in [0, 0.1) is 5.92 Å². The first-order valence-corrected chi connectivity index (χ1v) is 12.3. The zero-order valence-electron chi connectivity index (χ0n) is 17.2. The number of carbonyl (C=O) groups excluding carboxylic acids is 1. The summed E-state index contributed by atoms with van der Waals surface area (Å²) in [4.78, 5) is 33.4. The molecule has 6 heteroatoms. The summed E-state index contributed by atoms with van der Waals surface area (Å²) in [5, 5.41) is 1.33. The average molecular weight is 447 g/mol. The van der Waals surface area contributed by atoms with Crippen molar-refractivity contribution in [1.29, 1.82) is 0 Å². The third kappa shape index (κ3) is 3.86. The Kier molecular flexibility index (Phi) is 5.50. The van der Waals surface area contributed by atoms with E-state index in [0.29, 0.717) is 16.6 Å². The minimum Gasteiger partial charge on any atom is -0.293 e. The predicted octanol–water partition coefficient (Wildman–Crippen LogP) is 5.55. The minimum absolute atomic E-state index is 0.0267. The van der Waals surface area contributed by atoms with Gasteiger partial charge in [-0.15, -0.1) is 11.3 Å². The van der Waals surface area contributed by atoms with Crippen molar-refractivity contribution in [3.8, 4) is 5.69 Å². The van der Waals surface area contributed by atoms with Gasteiger partial charge < -0.3 is 0 Å². The van der Waals surface area contributed by atoms with Gasteiger partial charge in [0.05, 0.1) is 16.8 Å². The number of hydrogen-bond acceptors (Lipinski definition) is 5. The van der Waals surface area contributed by atoms with Crippen LogP contribution in [0.15, 0.2) is 70.6 Å². The van der Waals surface area contributed by atoms with Crippen molar-refractivity contribution in [2.45, 2.75) is 31.3 Å². The van der Waals surface area contributed by atoms with Crippen molar-refractivity contribution in [2.24, 2.45) is 5.92 Å². The van der Waals surface area contributed by atoms with E-state index in [-0.39, 0.29) is 17.1 Å². The molecule has 4 aromatic rings. The van der Waals surface area contributed by atoms with E-state index in [9.17, 15) is 9.59 Å². The van der Waals surface area contributed by atoms with Crippen LogP contribution in [-0.4, -0.2) is 21.1 Å². The van der Waals surface area contributed by atoms with Crippen LogP contribution < -0.4 is 5.56 Å². The lowest BCUT2D eigenvalue weighted by molar-refractivity contribution is 0.102. The number of aryl methyl sites for hydroxylation is 1. The Morgan fingerprint density at radius 1 is 1.13 bits per heavy atom. The third-order valence-electron chi connectivity index (χ3n) is 5.74. The van der Waals surface area contributed by atoms with Gasteiger partial charge in [0.2, 0.25) is 0 Å². The van der Waals surface area contributed by atoms with Gasteiger partial charge in [-0.2, -0.15) is 0 Å². The number of hydrogen-bond donors (Lipinski definition) is 0. The predicted molar refractivity (Wildman–Crippen MR) is 128 cm³/mol. The van der Waals surface area contributed by atoms with Crippen LogP contribution in [0.3, 0.4) is 0 Å². The van der Waals surface area contributed by atoms with Gasteiger partial charge >= 0.3 is 0 Å². The normalized spacial score (nSPS) is 15.7. The van der Waals surface area contributed by atoms with Crippen molar-refractivity contribution < 1.29 is 4.79 Å². The Morgan fingerprint density at radius 3 is 2.58 bits per heavy atom. The third-order valence-corrected chi connectivity index (χ3v) is 7.83. The van der Waals surface area contributed by atoms with Gasteiger partial charge in [0.25, 0.3) is 5.56 Å². The molecule has 1 atom stereocenters. The SMILES string of the molecule is CC1CCc2c(sc3nc(SCC(=O)c4ccccc4)n(-c4ccccc4)c(=O)c23)C1. The summed E-state index contributed by atoms with van der Waals surface area (Å²) in [7, 11) is 0. The number of benzene rings is 2. The molecule has 1 aliphatic carbocycles. The molecule has 0 aliphatic heterocycles. The number of Topliss-reactive ketones (excluding diaryl/α,β-unsaturated/α-hetero) is 1. The van der Waals surface area contributed by atoms with E-state index in [1.165, 1.54) is 22.2 Å². The van der Waals surface area contributed by atoms with Gasteiger partial charge in [-0.3, -0.25) is 14.2 Å². The molecule has 4 nitrogen and oxygen atoms in total. The Labute approximate surface area is 189 Å². The first kappa shape index (κ1) is 20.2. The number of thioether (sulfide) groups is 1. The summed E-state index contributed by atoms with van der Waals surface area (Å²) in [5.41, 5.74) is 2.60. The fourth-order valence-electron chi connectivity index (χ4n) is 4.11. The quantitative estimate of drug-likeness (QED) is 0.229. The zero-order chi connectivity index (χ0) is 21.4. The fourth-order valence-corrected chi connectivity index (χ4v) is 6.44. The molecule has 0 N–H and O–H groups in total. The van der Waals surface area contributed by atoms with Crippen LogP contribution in [0.1, 0.15) is 34.1 Å². The van der Waals surface area contributed by atoms with E-state index < -0.39 is 0 Å². The molecule has 0 saturated heterocycles. The molecular formula is C25H22N2O2S2. The Hall–Kier alpha value is -2.70. The molecule has 1 aliphatic rings. The second-order valence-electron chi connectivity index (χ2n) is 7.98. The van der Waals surface area contributed by atoms with Crippen molar-refractivity contribution in [3.63, 3.8) is 0 Å². The molecule has 0 spiro atoms. The van der Waals surface area contributed by atoms with Gasteiger partial charge in [0.1, 0.15) is 4.83 Å². The molecule has 31 heavy (non-hydrogen) atoms. The maximum atomic E-state index is 13.7. The van der Waals surface area contributed by atoms with Gasteiger partial charge in [-0.25, -0.2) is 4.98 Å². The van der Waals surface area contributed by atoms with Crippen LogP contribution in [0.4, 0.5) is 0 Å². The van der Waals surface area contributed by atoms with Crippen LogP contribution in [0.2, 0.25) is 0 Å². The van der Waals surface area contributed by atoms with Crippen molar-refractivity contribution in [2.75, 3.05) is 5.75 Å². The highest BCUT2D eigenvalue weighted by Crippen LogP contribution is 2.37. The summed E-state index contributed by atoms with van der Waals surface area (Å²) >= 11 is 2.97. The summed E-state index contributed by atoms with van der Waals surface area (Å²) in [5.74, 6) is 0.893. The van der Waals surface area contributed by atoms with Crippen LogP contribution in [-0.2, 0) is 12.8 Å². The highest BCUT2D eigenvalue weighted by molar-refractivity contribution is 7.99. The summed E-state index contributed by atoms with van der Waals surface area (Å²) in [6.07, 6.45) is 3.04. The molecule has 1 unspecified atom stereocenters. The van der Waals surface area contributed by atoms with Gasteiger partial charge in [-0.1, -0.05) is 67.2 Å². The summed E-state index contributed by atoms with van der Waals surface area (Å²) < 4.78 is 1.68. The van der Waals surface area contributed by atoms with Gasteiger partial charge in [0, 0.05) is 10.4 Å². The monoisotopic (exact) mass is 446 g/mol. The molecular weight excluding hydrogens is 424 g/mol. The average Bonchev–Trinajstić information content (AvgIpc) is 3.16. The zero-order valence-corrected chi connectivity index (χ0v) is 18.8. The second-order valence-corrected chi connectivity index (χ2v) is 10.0. The number of thiophene rings is 1. The highest BCUT2D eigenvalue weighted by atomic mass is 32.2. The maximum absolute atomic E-state index is 13.7. The lowest BCUT2D eigenvalue weighted by Gasteiger charge is -2.17. The molecule has 0 radical (unpaired) electrons. The molecule has 2 heterocycles. The van der Waals surface area contributed by atoms with Crippen LogP contribution in [0.25, 0.3) is 15.9 Å². The molecule has 2 aromatic heterocycles. The number of para-hydroxylation sites is 1. The molecule has 0 amide bonds. The number of aromatic nitrogens is 2. The summed E-state index contributed by atoms with van der Waals surface area (Å²) in [6.45, 7) is 2.26. The molecule has 5 rings (SSSR count). The topological polar surface area (TPSA) is 52.0 Å². The number of carbonyl (C=O) groups is 1. The standard InChI is InChI=1S/C25H22N2O2S2/c1-16-12-13-19-21(14-16)31-23-22(19)24(29)27(18-10-6-3-7-11-18)25(26-23)30-15-20(28)17-8-4-2-5-9-17/h2-11,16H,12-15H2,1H3. The first-order valence-electron chi connectivity index (χ1n) is 10.5. The van der Waals surface area contributed by atoms with E-state index in [1.54, 1.807) is 15.9 Å². The van der Waals surface area contributed by atoms with Crippen molar-refractivity contribution in [3.05, 3.63) is 87.0 Å². The molecule has 0 saturated carbocycles. The van der Waals surface area contributed by atoms with E-state index in [4.69, 9.17) is 4.98 Å². The number of fused-ring (bicyclic) bond motifs is 3. The molecule has 0 fully saturated rings. The van der Waals surface area contributed by atoms with Crippen LogP contribution in [0.5, 0.6) is 0 Å². The Bertz CT molecular complexity index is 1310. The van der Waals surface area contributed by atoms with Crippen molar-refractivity contribution in [1.82, 2.24) is 9.55 Å². The molecule has 2 aromatic carbocycles. The van der Waals surface area contributed by atoms with E-state index in [0.717, 1.165) is 35.2 Å². The van der Waals surface area contributed by atoms with Crippen LogP contribution >= 0.6 is 23.1 Å². The minimum atomic E-state index is -0.0297. The first-order chi connectivity index (χ1) is 15.1. The largest absolute Gasteiger partial charge is 0.293 e. The smallest absolute Gasteiger partial charge is 0.267 e. The number of rotatable bonds is 5. The van der Waals surface area contributed by atoms with Gasteiger partial charge in [0.15, 0.2) is 10.9 Å². The van der Waals surface area contributed by atoms with Gasteiger partial charge in [-0.05, 0) is 42.9 Å². The Morgan fingerprint density at radius 2 is 1.84 bits per heavy atom. The fraction of sp³-hybridized carbons (Fsp3) is 0.240. The summed E-state index contributed by atoms with van der Waals surface area (Å²) in [6, 6.07) is 18.8. The van der Waals surface area contributed by atoms with E-state index in [2.05, 4.69) is 6.92 Å². The number of ketones is 1. The van der Waals surface area contributed by atoms with E-state index >= 15 is 0 Å². The van der Waals surface area contributed by atoms with Crippen molar-refractivity contribution >= 4 is 39.1 Å². The lowest BCUT2D eigenvalue weighted by atomic mass is 9.89. The van der Waals surface area contributed by atoms with E-state index in [1.807, 2.05) is 60.7 Å². The lowest BCUT2D eigenvalue weighted by Crippen LogP contribution is -2.23. The second kappa shape index (κ2) is 8.44. The maximum Gasteiger partial charge on any atom is 0.267 e. The molecule has 156 valence electrons.